The van der Waals surface area contributed by atoms with Crippen LogP contribution in [0.4, 0.5) is 14.5 Å². The second kappa shape index (κ2) is 9.30. The number of benzene rings is 2. The van der Waals surface area contributed by atoms with Crippen LogP contribution in [0, 0.1) is 11.6 Å². The molecule has 1 N–H and O–H groups in total. The Morgan fingerprint density at radius 3 is 2.25 bits per heavy atom. The lowest BCUT2D eigenvalue weighted by molar-refractivity contribution is -0.133. The second-order valence-electron chi connectivity index (χ2n) is 6.63. The van der Waals surface area contributed by atoms with Gasteiger partial charge in [0, 0.05) is 13.1 Å². The minimum Gasteiger partial charge on any atom is -0.483 e. The maximum absolute atomic E-state index is 13.8. The molecule has 2 aromatic carbocycles. The van der Waals surface area contributed by atoms with Gasteiger partial charge in [0.2, 0.25) is 0 Å². The number of halogens is 2. The Labute approximate surface area is 162 Å². The van der Waals surface area contributed by atoms with Crippen molar-refractivity contribution in [1.29, 1.82) is 0 Å². The largest absolute Gasteiger partial charge is 0.483 e. The van der Waals surface area contributed by atoms with Crippen molar-refractivity contribution < 1.29 is 23.1 Å². The van der Waals surface area contributed by atoms with Crippen molar-refractivity contribution in [3.8, 4) is 5.75 Å². The highest BCUT2D eigenvalue weighted by Gasteiger charge is 2.19. The number of para-hydroxylation sites is 2. The second-order valence-corrected chi connectivity index (χ2v) is 6.63. The highest BCUT2D eigenvalue weighted by molar-refractivity contribution is 6.06. The molecule has 0 aromatic heterocycles. The molecule has 0 bridgehead atoms. The number of amides is 2. The van der Waals surface area contributed by atoms with Gasteiger partial charge in [0.25, 0.3) is 11.8 Å². The Hall–Kier alpha value is -2.96. The molecule has 1 saturated heterocycles. The van der Waals surface area contributed by atoms with E-state index >= 15 is 0 Å². The Morgan fingerprint density at radius 2 is 1.57 bits per heavy atom. The van der Waals surface area contributed by atoms with Gasteiger partial charge in [-0.05, 0) is 37.1 Å². The van der Waals surface area contributed by atoms with Gasteiger partial charge in [-0.3, -0.25) is 9.59 Å². The summed E-state index contributed by atoms with van der Waals surface area (Å²) in [5, 5.41) is 2.23. The molecule has 0 aliphatic carbocycles. The Morgan fingerprint density at radius 1 is 0.929 bits per heavy atom. The third kappa shape index (κ3) is 4.85. The Bertz CT molecular complexity index is 829. The number of carbonyl (C=O) groups excluding carboxylic acids is 2. The van der Waals surface area contributed by atoms with Crippen molar-refractivity contribution in [2.24, 2.45) is 0 Å². The first-order chi connectivity index (χ1) is 13.6. The van der Waals surface area contributed by atoms with Crippen molar-refractivity contribution in [3.05, 3.63) is 59.7 Å². The molecule has 5 nitrogen and oxygen atoms in total. The van der Waals surface area contributed by atoms with Crippen LogP contribution in [0.1, 0.15) is 36.0 Å². The van der Waals surface area contributed by atoms with E-state index in [-0.39, 0.29) is 23.8 Å². The van der Waals surface area contributed by atoms with Gasteiger partial charge in [-0.2, -0.15) is 0 Å². The zero-order valence-corrected chi connectivity index (χ0v) is 15.4. The molecular weight excluding hydrogens is 366 g/mol. The highest BCUT2D eigenvalue weighted by atomic mass is 19.1. The lowest BCUT2D eigenvalue weighted by atomic mass is 10.1. The van der Waals surface area contributed by atoms with Gasteiger partial charge in [0.05, 0.1) is 5.56 Å². The average molecular weight is 388 g/mol. The van der Waals surface area contributed by atoms with E-state index in [1.165, 1.54) is 12.1 Å². The van der Waals surface area contributed by atoms with E-state index in [4.69, 9.17) is 4.74 Å². The van der Waals surface area contributed by atoms with E-state index in [2.05, 4.69) is 5.32 Å². The van der Waals surface area contributed by atoms with Gasteiger partial charge in [-0.1, -0.05) is 31.0 Å². The molecule has 1 heterocycles. The molecule has 2 aromatic rings. The number of nitrogens with one attached hydrogen (secondary N) is 1. The van der Waals surface area contributed by atoms with Crippen LogP contribution in [-0.4, -0.2) is 36.4 Å². The minimum absolute atomic E-state index is 0.0915. The molecule has 2 amide bonds. The molecule has 0 radical (unpaired) electrons. The highest BCUT2D eigenvalue weighted by Crippen LogP contribution is 2.23. The van der Waals surface area contributed by atoms with Gasteiger partial charge < -0.3 is 15.0 Å². The van der Waals surface area contributed by atoms with Gasteiger partial charge in [0.1, 0.15) is 23.1 Å². The van der Waals surface area contributed by atoms with Crippen LogP contribution in [0.25, 0.3) is 0 Å². The quantitative estimate of drug-likeness (QED) is 0.842. The Balaban J connectivity index is 1.68. The Kier molecular flexibility index (Phi) is 6.57. The van der Waals surface area contributed by atoms with E-state index in [9.17, 15) is 18.4 Å². The fourth-order valence-electron chi connectivity index (χ4n) is 3.13. The average Bonchev–Trinajstić information content (AvgIpc) is 2.99. The van der Waals surface area contributed by atoms with Crippen molar-refractivity contribution in [2.75, 3.05) is 25.0 Å². The number of hydrogen-bond donors (Lipinski definition) is 1. The topological polar surface area (TPSA) is 58.6 Å². The zero-order chi connectivity index (χ0) is 19.9. The smallest absolute Gasteiger partial charge is 0.260 e. The molecule has 1 aliphatic heterocycles. The summed E-state index contributed by atoms with van der Waals surface area (Å²) in [5.41, 5.74) is -0.434. The zero-order valence-electron chi connectivity index (χ0n) is 15.4. The maximum Gasteiger partial charge on any atom is 0.260 e. The molecule has 1 aliphatic rings. The summed E-state index contributed by atoms with van der Waals surface area (Å²) >= 11 is 0. The van der Waals surface area contributed by atoms with Crippen LogP contribution in [0.2, 0.25) is 0 Å². The molecule has 148 valence electrons. The monoisotopic (exact) mass is 388 g/mol. The summed E-state index contributed by atoms with van der Waals surface area (Å²) in [6, 6.07) is 9.61. The lowest BCUT2D eigenvalue weighted by Crippen LogP contribution is -2.35. The number of ether oxygens (including phenoxy) is 1. The summed E-state index contributed by atoms with van der Waals surface area (Å²) in [6.07, 6.45) is 4.17. The third-order valence-electron chi connectivity index (χ3n) is 4.64. The van der Waals surface area contributed by atoms with Crippen molar-refractivity contribution in [1.82, 2.24) is 4.90 Å². The van der Waals surface area contributed by atoms with Crippen LogP contribution in [0.5, 0.6) is 5.75 Å². The molecule has 3 rings (SSSR count). The number of anilines is 1. The minimum atomic E-state index is -0.872. The number of carbonyl (C=O) groups is 2. The van der Waals surface area contributed by atoms with Crippen LogP contribution in [-0.2, 0) is 4.79 Å². The molecule has 0 atom stereocenters. The van der Waals surface area contributed by atoms with E-state index in [0.29, 0.717) is 13.1 Å². The number of likely N-dealkylation sites (tertiary alicyclic amines) is 1. The van der Waals surface area contributed by atoms with Crippen LogP contribution < -0.4 is 10.1 Å². The summed E-state index contributed by atoms with van der Waals surface area (Å²) in [4.78, 5) is 26.7. The first-order valence-electron chi connectivity index (χ1n) is 9.31. The SMILES string of the molecule is O=C(Nc1c(F)cccc1F)c1ccccc1OCC(=O)N1CCCCCC1. The number of hydrogen-bond acceptors (Lipinski definition) is 3. The summed E-state index contributed by atoms with van der Waals surface area (Å²) in [6.45, 7) is 1.21. The summed E-state index contributed by atoms with van der Waals surface area (Å²) < 4.78 is 33.1. The standard InChI is InChI=1S/C21H22F2N2O3/c22-16-9-7-10-17(23)20(16)24-21(27)15-8-3-4-11-18(15)28-14-19(26)25-12-5-1-2-6-13-25/h3-4,7-11H,1-2,5-6,12-14H2,(H,24,27). The molecule has 7 heteroatoms. The van der Waals surface area contributed by atoms with Crippen molar-refractivity contribution in [3.63, 3.8) is 0 Å². The molecule has 0 spiro atoms. The first kappa shape index (κ1) is 19.8. The summed E-state index contributed by atoms with van der Waals surface area (Å²) in [7, 11) is 0. The molecule has 28 heavy (non-hydrogen) atoms. The lowest BCUT2D eigenvalue weighted by Gasteiger charge is -2.20. The van der Waals surface area contributed by atoms with E-state index in [1.54, 1.807) is 23.1 Å². The van der Waals surface area contributed by atoms with Gasteiger partial charge in [-0.15, -0.1) is 0 Å². The summed E-state index contributed by atoms with van der Waals surface area (Å²) in [5.74, 6) is -2.43. The van der Waals surface area contributed by atoms with Crippen molar-refractivity contribution >= 4 is 17.5 Å². The molecular formula is C21H22F2N2O3. The molecule has 0 saturated carbocycles. The van der Waals surface area contributed by atoms with Gasteiger partial charge in [0.15, 0.2) is 6.61 Å². The maximum atomic E-state index is 13.8. The van der Waals surface area contributed by atoms with E-state index in [0.717, 1.165) is 37.8 Å². The van der Waals surface area contributed by atoms with E-state index < -0.39 is 23.2 Å². The van der Waals surface area contributed by atoms with Crippen LogP contribution in [0.3, 0.4) is 0 Å². The number of rotatable bonds is 5. The van der Waals surface area contributed by atoms with Crippen LogP contribution >= 0.6 is 0 Å². The number of nitrogens with zero attached hydrogens (tertiary/aromatic N) is 1. The van der Waals surface area contributed by atoms with Crippen molar-refractivity contribution in [2.45, 2.75) is 25.7 Å². The first-order valence-corrected chi connectivity index (χ1v) is 9.31. The predicted octanol–water partition coefficient (Wildman–Crippen LogP) is 4.00. The van der Waals surface area contributed by atoms with Gasteiger partial charge in [-0.25, -0.2) is 8.78 Å². The van der Waals surface area contributed by atoms with E-state index in [1.807, 2.05) is 0 Å². The predicted molar refractivity (Wildman–Crippen MR) is 101 cm³/mol. The normalized spacial score (nSPS) is 14.3. The molecule has 0 unspecified atom stereocenters. The van der Waals surface area contributed by atoms with Gasteiger partial charge >= 0.3 is 0 Å². The molecule has 1 fully saturated rings. The van der Waals surface area contributed by atoms with Crippen LogP contribution in [0.15, 0.2) is 42.5 Å². The third-order valence-corrected chi connectivity index (χ3v) is 4.64. The fourth-order valence-corrected chi connectivity index (χ4v) is 3.13. The fraction of sp³-hybridized carbons (Fsp3) is 0.333.